The maximum atomic E-state index is 8.12. The number of aryl methyl sites for hydroxylation is 1. The second-order valence-electron chi connectivity index (χ2n) is 7.17. The van der Waals surface area contributed by atoms with Crippen LogP contribution in [0.3, 0.4) is 0 Å². The van der Waals surface area contributed by atoms with Crippen molar-refractivity contribution in [2.75, 3.05) is 0 Å². The highest BCUT2D eigenvalue weighted by molar-refractivity contribution is 5.78. The van der Waals surface area contributed by atoms with Gasteiger partial charge in [0.1, 0.15) is 22.7 Å². The summed E-state index contributed by atoms with van der Waals surface area (Å²) in [6.07, 6.45) is 1.47. The highest BCUT2D eigenvalue weighted by Crippen LogP contribution is 2.28. The quantitative estimate of drug-likeness (QED) is 0.409. The van der Waals surface area contributed by atoms with Crippen LogP contribution in [0.25, 0.3) is 21.9 Å². The largest absolute Gasteiger partial charge is 0.461 e. The highest BCUT2D eigenvalue weighted by Gasteiger charge is 2.18. The first kappa shape index (κ1) is 24.3. The third-order valence-electron chi connectivity index (χ3n) is 3.99. The predicted octanol–water partition coefficient (Wildman–Crippen LogP) is 5.56. The Bertz CT molecular complexity index is 1040. The molecule has 0 aliphatic heterocycles. The summed E-state index contributed by atoms with van der Waals surface area (Å²) in [6, 6.07) is 20.4. The van der Waals surface area contributed by atoms with E-state index in [1.165, 1.54) is 10.8 Å². The number of rotatable bonds is 1. The topological polar surface area (TPSA) is 94.6 Å². The lowest BCUT2D eigenvalue weighted by Crippen LogP contribution is -2.08. The van der Waals surface area contributed by atoms with Gasteiger partial charge in [0.2, 0.25) is 0 Å². The van der Waals surface area contributed by atoms with Gasteiger partial charge >= 0.3 is 12.3 Å². The number of fused-ring (bicyclic) bond motifs is 2. The molecule has 0 bridgehead atoms. The lowest BCUT2D eigenvalue weighted by molar-refractivity contribution is -0.193. The van der Waals surface area contributed by atoms with Crippen molar-refractivity contribution in [1.29, 1.82) is 0 Å². The van der Waals surface area contributed by atoms with Crippen LogP contribution in [0, 0.1) is 0 Å². The van der Waals surface area contributed by atoms with Gasteiger partial charge in [0.05, 0.1) is 0 Å². The minimum absolute atomic E-state index is 0.0962. The molecule has 4 rings (SSSR count). The summed E-state index contributed by atoms with van der Waals surface area (Å²) < 4.78 is 11.2. The number of hydrogen-bond acceptors (Lipinski definition) is 6. The molecule has 2 aromatic carbocycles. The van der Waals surface area contributed by atoms with Crippen LogP contribution in [-0.4, -0.2) is 12.3 Å². The standard InChI is InChI=1S/C12H14O.C10H10O.2CO2/c1-12(2,3)11-8-9-6-4-5-7-10(9)13-11;1-2-9-7-8-5-3-4-6-10(8)11-9;2*2-1-3/h4-8H,1-3H3;3-7H,2H2,1H3;;. The Kier molecular flexibility index (Phi) is 9.71. The summed E-state index contributed by atoms with van der Waals surface area (Å²) in [4.78, 5) is 32.5. The summed E-state index contributed by atoms with van der Waals surface area (Å²) >= 11 is 0. The molecule has 4 aromatic rings. The summed E-state index contributed by atoms with van der Waals surface area (Å²) in [5, 5.41) is 2.39. The fraction of sp³-hybridized carbons (Fsp3) is 0.250. The summed E-state index contributed by atoms with van der Waals surface area (Å²) in [5.41, 5.74) is 2.07. The molecule has 156 valence electrons. The Labute approximate surface area is 174 Å². The van der Waals surface area contributed by atoms with Crippen molar-refractivity contribution in [3.63, 3.8) is 0 Å². The van der Waals surface area contributed by atoms with Gasteiger partial charge in [-0.1, -0.05) is 64.1 Å². The van der Waals surface area contributed by atoms with Crippen LogP contribution in [0.2, 0.25) is 0 Å². The molecule has 0 saturated heterocycles. The van der Waals surface area contributed by atoms with E-state index in [9.17, 15) is 0 Å². The molecule has 0 radical (unpaired) electrons. The Balaban J connectivity index is 0.000000240. The zero-order valence-electron chi connectivity index (χ0n) is 17.4. The second-order valence-corrected chi connectivity index (χ2v) is 7.17. The molecule has 2 heterocycles. The van der Waals surface area contributed by atoms with Crippen LogP contribution >= 0.6 is 0 Å². The van der Waals surface area contributed by atoms with E-state index in [4.69, 9.17) is 28.0 Å². The van der Waals surface area contributed by atoms with E-state index in [0.29, 0.717) is 0 Å². The predicted molar refractivity (Wildman–Crippen MR) is 111 cm³/mol. The fourth-order valence-electron chi connectivity index (χ4n) is 2.56. The van der Waals surface area contributed by atoms with Gasteiger partial charge < -0.3 is 8.83 Å². The molecule has 0 amide bonds. The van der Waals surface area contributed by atoms with Crippen LogP contribution in [0.1, 0.15) is 39.2 Å². The van der Waals surface area contributed by atoms with E-state index in [0.717, 1.165) is 29.1 Å². The van der Waals surface area contributed by atoms with E-state index in [-0.39, 0.29) is 17.7 Å². The van der Waals surface area contributed by atoms with E-state index < -0.39 is 0 Å². The average Bonchev–Trinajstić information content (AvgIpc) is 3.33. The Morgan fingerprint density at radius 1 is 0.733 bits per heavy atom. The first-order chi connectivity index (χ1) is 14.3. The van der Waals surface area contributed by atoms with Crippen LogP contribution in [0.4, 0.5) is 0 Å². The lowest BCUT2D eigenvalue weighted by atomic mass is 9.93. The molecule has 0 fully saturated rings. The van der Waals surface area contributed by atoms with Crippen molar-refractivity contribution in [3.05, 3.63) is 72.2 Å². The molecule has 0 saturated carbocycles. The third kappa shape index (κ3) is 7.36. The lowest BCUT2D eigenvalue weighted by Gasteiger charge is -2.13. The molecule has 0 aliphatic carbocycles. The molecule has 0 atom stereocenters. The SMILES string of the molecule is CC(C)(C)c1cc2ccccc2o1.CCc1cc2ccccc2o1.O=C=O.O=C=O. The van der Waals surface area contributed by atoms with E-state index in [1.807, 2.05) is 36.4 Å². The molecule has 6 heteroatoms. The van der Waals surface area contributed by atoms with Crippen LogP contribution in [0.5, 0.6) is 0 Å². The second kappa shape index (κ2) is 12.0. The molecular formula is C24H24O6. The zero-order chi connectivity index (χ0) is 22.6. The Morgan fingerprint density at radius 3 is 1.57 bits per heavy atom. The van der Waals surface area contributed by atoms with Crippen molar-refractivity contribution in [2.45, 2.75) is 39.5 Å². The van der Waals surface area contributed by atoms with E-state index in [2.05, 4.69) is 52.0 Å². The molecule has 0 N–H and O–H groups in total. The zero-order valence-corrected chi connectivity index (χ0v) is 17.4. The molecule has 30 heavy (non-hydrogen) atoms. The van der Waals surface area contributed by atoms with Gasteiger partial charge in [-0.3, -0.25) is 0 Å². The monoisotopic (exact) mass is 408 g/mol. The van der Waals surface area contributed by atoms with Crippen LogP contribution in [0.15, 0.2) is 69.5 Å². The maximum Gasteiger partial charge on any atom is 0.373 e. The Hall–Kier alpha value is -3.72. The summed E-state index contributed by atoms with van der Waals surface area (Å²) in [5.74, 6) is 2.11. The molecule has 2 aromatic heterocycles. The molecule has 0 unspecified atom stereocenters. The number of hydrogen-bond donors (Lipinski definition) is 0. The van der Waals surface area contributed by atoms with Crippen molar-refractivity contribution >= 4 is 34.2 Å². The summed E-state index contributed by atoms with van der Waals surface area (Å²) in [7, 11) is 0. The van der Waals surface area contributed by atoms with Crippen molar-refractivity contribution < 1.29 is 28.0 Å². The number of benzene rings is 2. The van der Waals surface area contributed by atoms with Gasteiger partial charge in [0.15, 0.2) is 0 Å². The fourth-order valence-corrected chi connectivity index (χ4v) is 2.56. The Morgan fingerprint density at radius 2 is 1.17 bits per heavy atom. The van der Waals surface area contributed by atoms with Crippen LogP contribution < -0.4 is 0 Å². The van der Waals surface area contributed by atoms with Gasteiger partial charge in [-0.05, 0) is 24.3 Å². The van der Waals surface area contributed by atoms with Crippen LogP contribution in [-0.2, 0) is 31.0 Å². The smallest absolute Gasteiger partial charge is 0.373 e. The van der Waals surface area contributed by atoms with Gasteiger partial charge in [-0.25, -0.2) is 0 Å². The van der Waals surface area contributed by atoms with E-state index >= 15 is 0 Å². The van der Waals surface area contributed by atoms with Gasteiger partial charge in [0.25, 0.3) is 0 Å². The number of furan rings is 2. The average molecular weight is 408 g/mol. The number of carbonyl (C=O) groups excluding carboxylic acids is 4. The highest BCUT2D eigenvalue weighted by atomic mass is 16.3. The van der Waals surface area contributed by atoms with Crippen molar-refractivity contribution in [2.24, 2.45) is 0 Å². The maximum absolute atomic E-state index is 8.12. The van der Waals surface area contributed by atoms with Gasteiger partial charge in [-0.2, -0.15) is 19.2 Å². The number of para-hydroxylation sites is 2. The first-order valence-corrected chi connectivity index (χ1v) is 9.25. The minimum Gasteiger partial charge on any atom is -0.461 e. The minimum atomic E-state index is 0.0962. The van der Waals surface area contributed by atoms with Gasteiger partial charge in [-0.15, -0.1) is 0 Å². The molecule has 0 spiro atoms. The third-order valence-corrected chi connectivity index (χ3v) is 3.99. The van der Waals surface area contributed by atoms with Gasteiger partial charge in [0, 0.05) is 22.6 Å². The van der Waals surface area contributed by atoms with E-state index in [1.54, 1.807) is 0 Å². The van der Waals surface area contributed by atoms with Crippen molar-refractivity contribution in [3.8, 4) is 0 Å². The first-order valence-electron chi connectivity index (χ1n) is 9.25. The van der Waals surface area contributed by atoms with Crippen molar-refractivity contribution in [1.82, 2.24) is 0 Å². The summed E-state index contributed by atoms with van der Waals surface area (Å²) in [6.45, 7) is 8.57. The molecular weight excluding hydrogens is 384 g/mol. The molecule has 6 nitrogen and oxygen atoms in total. The normalized spacial score (nSPS) is 9.73. The molecule has 0 aliphatic rings.